The molecule has 36 heavy (non-hydrogen) atoms. The number of hydrogen-bond donors (Lipinski definition) is 3. The number of ether oxygens (including phenoxy) is 2. The van der Waals surface area contributed by atoms with Gasteiger partial charge in [-0.1, -0.05) is 48.9 Å². The number of carbonyl (C=O) groups excluding carboxylic acids is 3. The lowest BCUT2D eigenvalue weighted by atomic mass is 10.1. The van der Waals surface area contributed by atoms with Crippen LogP contribution in [-0.4, -0.2) is 37.7 Å². The molecule has 3 aromatic carbocycles. The average Bonchev–Trinajstić information content (AvgIpc) is 2.89. The maximum Gasteiger partial charge on any atom is 0.329 e. The van der Waals surface area contributed by atoms with Crippen LogP contribution in [0.2, 0.25) is 5.02 Å². The monoisotopic (exact) mass is 508 g/mol. The molecular formula is C26H25ClN4O5. The summed E-state index contributed by atoms with van der Waals surface area (Å²) in [6.07, 6.45) is 2.06. The molecule has 0 fully saturated rings. The molecule has 0 radical (unpaired) electrons. The van der Waals surface area contributed by atoms with Crippen molar-refractivity contribution in [1.29, 1.82) is 0 Å². The van der Waals surface area contributed by atoms with Crippen molar-refractivity contribution in [2.75, 3.05) is 24.4 Å². The van der Waals surface area contributed by atoms with Crippen LogP contribution in [-0.2, 0) is 20.8 Å². The third-order valence-electron chi connectivity index (χ3n) is 4.93. The van der Waals surface area contributed by atoms with Crippen molar-refractivity contribution >= 4 is 46.9 Å². The Kier molecular flexibility index (Phi) is 9.41. The first kappa shape index (κ1) is 26.2. The quantitative estimate of drug-likeness (QED) is 0.229. The van der Waals surface area contributed by atoms with Gasteiger partial charge in [-0.05, 0) is 53.9 Å². The minimum absolute atomic E-state index is 0.263. The highest BCUT2D eigenvalue weighted by atomic mass is 35.5. The number of anilines is 2. The highest BCUT2D eigenvalue weighted by molar-refractivity contribution is 6.39. The first-order chi connectivity index (χ1) is 17.4. The highest BCUT2D eigenvalue weighted by Gasteiger charge is 2.14. The summed E-state index contributed by atoms with van der Waals surface area (Å²) in [7, 11) is 1.45. The summed E-state index contributed by atoms with van der Waals surface area (Å²) in [5.41, 5.74) is 4.73. The van der Waals surface area contributed by atoms with Crippen LogP contribution in [0.3, 0.4) is 0 Å². The fourth-order valence-electron chi connectivity index (χ4n) is 3.12. The van der Waals surface area contributed by atoms with Gasteiger partial charge < -0.3 is 20.1 Å². The molecule has 0 unspecified atom stereocenters. The van der Waals surface area contributed by atoms with Crippen molar-refractivity contribution in [3.05, 3.63) is 82.9 Å². The number of amides is 3. The summed E-state index contributed by atoms with van der Waals surface area (Å²) >= 11 is 6.04. The van der Waals surface area contributed by atoms with Crippen LogP contribution in [0.4, 0.5) is 11.4 Å². The predicted molar refractivity (Wildman–Crippen MR) is 139 cm³/mol. The molecule has 3 amide bonds. The van der Waals surface area contributed by atoms with Crippen molar-refractivity contribution in [1.82, 2.24) is 5.43 Å². The van der Waals surface area contributed by atoms with Gasteiger partial charge in [0, 0.05) is 5.69 Å². The molecule has 0 heterocycles. The molecule has 0 saturated carbocycles. The molecule has 9 nitrogen and oxygen atoms in total. The molecule has 0 bridgehead atoms. The number of nitrogens with zero attached hydrogens (tertiary/aromatic N) is 1. The Morgan fingerprint density at radius 2 is 1.64 bits per heavy atom. The third-order valence-corrected chi connectivity index (χ3v) is 5.26. The number of halogens is 1. The van der Waals surface area contributed by atoms with Gasteiger partial charge >= 0.3 is 11.8 Å². The number of hydrazone groups is 1. The summed E-state index contributed by atoms with van der Waals surface area (Å²) < 4.78 is 10.9. The molecule has 0 aliphatic rings. The highest BCUT2D eigenvalue weighted by Crippen LogP contribution is 2.28. The first-order valence-corrected chi connectivity index (χ1v) is 11.4. The lowest BCUT2D eigenvalue weighted by Crippen LogP contribution is -2.32. The van der Waals surface area contributed by atoms with Crippen molar-refractivity contribution in [2.45, 2.75) is 13.3 Å². The number of nitrogens with one attached hydrogen (secondary N) is 3. The second-order valence-electron chi connectivity index (χ2n) is 7.39. The number of carbonyl (C=O) groups is 3. The number of hydrogen-bond acceptors (Lipinski definition) is 6. The molecule has 0 aliphatic heterocycles. The molecule has 3 aromatic rings. The number of rotatable bonds is 9. The van der Waals surface area contributed by atoms with Gasteiger partial charge in [0.05, 0.1) is 24.0 Å². The zero-order chi connectivity index (χ0) is 25.9. The van der Waals surface area contributed by atoms with Gasteiger partial charge in [0.2, 0.25) is 0 Å². The summed E-state index contributed by atoms with van der Waals surface area (Å²) in [4.78, 5) is 36.4. The summed E-state index contributed by atoms with van der Waals surface area (Å²) in [5.74, 6) is -1.44. The number of benzene rings is 3. The SMILES string of the molecule is CCc1ccccc1NC(=O)C(=O)N/N=C\c1ccc(OCC(=O)Nc2ccccc2Cl)c(OC)c1. The molecule has 0 aliphatic carbocycles. The van der Waals surface area contributed by atoms with Gasteiger partial charge in [-0.3, -0.25) is 14.4 Å². The molecular weight excluding hydrogens is 484 g/mol. The number of methoxy groups -OCH3 is 1. The molecule has 186 valence electrons. The minimum Gasteiger partial charge on any atom is -0.493 e. The molecule has 0 atom stereocenters. The van der Waals surface area contributed by atoms with Gasteiger partial charge in [-0.2, -0.15) is 5.10 Å². The fourth-order valence-corrected chi connectivity index (χ4v) is 3.30. The molecule has 0 aromatic heterocycles. The van der Waals surface area contributed by atoms with Crippen LogP contribution in [0.5, 0.6) is 11.5 Å². The second kappa shape index (κ2) is 12.9. The van der Waals surface area contributed by atoms with E-state index in [9.17, 15) is 14.4 Å². The molecule has 3 N–H and O–H groups in total. The number of para-hydroxylation sites is 2. The van der Waals surface area contributed by atoms with E-state index in [1.54, 1.807) is 54.6 Å². The van der Waals surface area contributed by atoms with E-state index in [0.29, 0.717) is 39.9 Å². The fraction of sp³-hybridized carbons (Fsp3) is 0.154. The van der Waals surface area contributed by atoms with E-state index in [-0.39, 0.29) is 6.61 Å². The Morgan fingerprint density at radius 1 is 0.917 bits per heavy atom. The van der Waals surface area contributed by atoms with Gasteiger partial charge in [-0.15, -0.1) is 0 Å². The summed E-state index contributed by atoms with van der Waals surface area (Å²) in [5, 5.41) is 9.48. The average molecular weight is 509 g/mol. The topological polar surface area (TPSA) is 118 Å². The van der Waals surface area contributed by atoms with E-state index in [0.717, 1.165) is 5.56 Å². The molecule has 10 heteroatoms. The first-order valence-electron chi connectivity index (χ1n) is 11.0. The van der Waals surface area contributed by atoms with Crippen molar-refractivity contribution in [3.8, 4) is 11.5 Å². The zero-order valence-corrected chi connectivity index (χ0v) is 20.5. The van der Waals surface area contributed by atoms with Crippen LogP contribution in [0, 0.1) is 0 Å². The lowest BCUT2D eigenvalue weighted by molar-refractivity contribution is -0.136. The van der Waals surface area contributed by atoms with E-state index in [4.69, 9.17) is 21.1 Å². The van der Waals surface area contributed by atoms with Gasteiger partial charge in [0.15, 0.2) is 18.1 Å². The van der Waals surface area contributed by atoms with E-state index in [1.807, 2.05) is 19.1 Å². The Bertz CT molecular complexity index is 1280. The van der Waals surface area contributed by atoms with E-state index in [1.165, 1.54) is 13.3 Å². The Labute approximate surface area is 213 Å². The Balaban J connectivity index is 1.54. The van der Waals surface area contributed by atoms with Crippen LogP contribution in [0.25, 0.3) is 0 Å². The lowest BCUT2D eigenvalue weighted by Gasteiger charge is -2.12. The maximum absolute atomic E-state index is 12.2. The van der Waals surface area contributed by atoms with Crippen molar-refractivity contribution in [2.24, 2.45) is 5.10 Å². The maximum atomic E-state index is 12.2. The van der Waals surface area contributed by atoms with Gasteiger partial charge in [-0.25, -0.2) is 5.43 Å². The van der Waals surface area contributed by atoms with Gasteiger partial charge in [0.25, 0.3) is 5.91 Å². The second-order valence-corrected chi connectivity index (χ2v) is 7.80. The smallest absolute Gasteiger partial charge is 0.329 e. The van der Waals surface area contributed by atoms with Crippen LogP contribution in [0.15, 0.2) is 71.8 Å². The Hall–Kier alpha value is -4.37. The third kappa shape index (κ3) is 7.31. The standard InChI is InChI=1S/C26H25ClN4O5/c1-3-18-8-4-6-10-20(18)30-25(33)26(34)31-28-15-17-12-13-22(23(14-17)35-2)36-16-24(32)29-21-11-7-5-9-19(21)27/h4-15H,3,16H2,1-2H3,(H,29,32)(H,30,33)(H,31,34)/b28-15-. The van der Waals surface area contributed by atoms with Crippen molar-refractivity contribution in [3.63, 3.8) is 0 Å². The normalized spacial score (nSPS) is 10.5. The zero-order valence-electron chi connectivity index (χ0n) is 19.7. The van der Waals surface area contributed by atoms with Crippen molar-refractivity contribution < 1.29 is 23.9 Å². The molecule has 0 spiro atoms. The van der Waals surface area contributed by atoms with Gasteiger partial charge in [0.1, 0.15) is 0 Å². The molecule has 0 saturated heterocycles. The predicted octanol–water partition coefficient (Wildman–Crippen LogP) is 4.02. The van der Waals surface area contributed by atoms with E-state index >= 15 is 0 Å². The van der Waals surface area contributed by atoms with Crippen LogP contribution in [0.1, 0.15) is 18.1 Å². The van der Waals surface area contributed by atoms with E-state index in [2.05, 4.69) is 21.2 Å². The van der Waals surface area contributed by atoms with E-state index < -0.39 is 17.7 Å². The summed E-state index contributed by atoms with van der Waals surface area (Å²) in [6, 6.07) is 19.0. The molecule has 3 rings (SSSR count). The number of aryl methyl sites for hydroxylation is 1. The summed E-state index contributed by atoms with van der Waals surface area (Å²) in [6.45, 7) is 1.69. The largest absolute Gasteiger partial charge is 0.493 e. The van der Waals surface area contributed by atoms with Crippen LogP contribution >= 0.6 is 11.6 Å². The van der Waals surface area contributed by atoms with Crippen LogP contribution < -0.4 is 25.5 Å². The minimum atomic E-state index is -0.909. The Morgan fingerprint density at radius 3 is 2.36 bits per heavy atom.